The van der Waals surface area contributed by atoms with Crippen LogP contribution in [-0.4, -0.2) is 37.2 Å². The Morgan fingerprint density at radius 1 is 0.958 bits per heavy atom. The number of nitrogens with one attached hydrogen (secondary N) is 1. The topological polar surface area (TPSA) is 24.5 Å². The van der Waals surface area contributed by atoms with Gasteiger partial charge in [0, 0.05) is 43.2 Å². The fraction of sp³-hybridized carbons (Fsp3) is 0.400. The van der Waals surface area contributed by atoms with Crippen molar-refractivity contribution in [2.45, 2.75) is 12.6 Å². The van der Waals surface area contributed by atoms with Crippen LogP contribution in [0.4, 0.5) is 10.1 Å². The van der Waals surface area contributed by atoms with Crippen molar-refractivity contribution >= 4 is 5.69 Å². The van der Waals surface area contributed by atoms with Gasteiger partial charge in [0.1, 0.15) is 5.82 Å². The van der Waals surface area contributed by atoms with Gasteiger partial charge in [0.15, 0.2) is 0 Å². The van der Waals surface area contributed by atoms with Gasteiger partial charge in [0.05, 0.1) is 13.2 Å². The standard InChI is InChI=1S/C20H23FN2O/c21-18-6-8-19(9-7-18)22-20-16-11-23(12-17(20)14-24-13-16)10-15-4-2-1-3-5-15/h1-9,16-17,20,22H,10-14H2. The molecule has 2 atom stereocenters. The van der Waals surface area contributed by atoms with E-state index < -0.39 is 0 Å². The van der Waals surface area contributed by atoms with E-state index in [9.17, 15) is 4.39 Å². The molecule has 24 heavy (non-hydrogen) atoms. The first-order valence-electron chi connectivity index (χ1n) is 8.64. The number of hydrogen-bond acceptors (Lipinski definition) is 3. The molecule has 0 radical (unpaired) electrons. The lowest BCUT2D eigenvalue weighted by Gasteiger charge is -2.47. The molecule has 2 bridgehead atoms. The number of rotatable bonds is 4. The van der Waals surface area contributed by atoms with Gasteiger partial charge in [-0.25, -0.2) is 4.39 Å². The molecule has 2 aromatic rings. The number of anilines is 1. The van der Waals surface area contributed by atoms with E-state index in [0.29, 0.717) is 17.9 Å². The van der Waals surface area contributed by atoms with Crippen LogP contribution in [0.2, 0.25) is 0 Å². The van der Waals surface area contributed by atoms with Gasteiger partial charge < -0.3 is 10.1 Å². The molecule has 2 aromatic carbocycles. The Bertz CT molecular complexity index is 647. The molecule has 2 unspecified atom stereocenters. The maximum Gasteiger partial charge on any atom is 0.123 e. The summed E-state index contributed by atoms with van der Waals surface area (Å²) < 4.78 is 18.9. The molecule has 0 spiro atoms. The van der Waals surface area contributed by atoms with Gasteiger partial charge in [0.2, 0.25) is 0 Å². The monoisotopic (exact) mass is 326 g/mol. The fourth-order valence-corrected chi connectivity index (χ4v) is 3.98. The molecular weight excluding hydrogens is 303 g/mol. The number of nitrogens with zero attached hydrogens (tertiary/aromatic N) is 1. The molecule has 0 aliphatic carbocycles. The summed E-state index contributed by atoms with van der Waals surface area (Å²) in [4.78, 5) is 2.54. The summed E-state index contributed by atoms with van der Waals surface area (Å²) in [6.07, 6.45) is 0. The van der Waals surface area contributed by atoms with Crippen LogP contribution >= 0.6 is 0 Å². The molecule has 0 amide bonds. The number of ether oxygens (including phenoxy) is 1. The molecule has 4 rings (SSSR count). The van der Waals surface area contributed by atoms with Crippen LogP contribution in [0.5, 0.6) is 0 Å². The predicted octanol–water partition coefficient (Wildman–Crippen LogP) is 3.38. The Morgan fingerprint density at radius 3 is 2.29 bits per heavy atom. The fourth-order valence-electron chi connectivity index (χ4n) is 3.98. The number of halogens is 1. The second-order valence-corrected chi connectivity index (χ2v) is 6.91. The van der Waals surface area contributed by atoms with E-state index in [1.54, 1.807) is 0 Å². The first kappa shape index (κ1) is 15.6. The lowest BCUT2D eigenvalue weighted by atomic mass is 9.82. The van der Waals surface area contributed by atoms with Crippen LogP contribution in [0.1, 0.15) is 5.56 Å². The largest absolute Gasteiger partial charge is 0.381 e. The Morgan fingerprint density at radius 2 is 1.62 bits per heavy atom. The van der Waals surface area contributed by atoms with Crippen LogP contribution in [0.25, 0.3) is 0 Å². The third kappa shape index (κ3) is 3.45. The van der Waals surface area contributed by atoms with Gasteiger partial charge in [-0.05, 0) is 29.8 Å². The van der Waals surface area contributed by atoms with Gasteiger partial charge in [-0.1, -0.05) is 30.3 Å². The molecule has 2 saturated heterocycles. The summed E-state index contributed by atoms with van der Waals surface area (Å²) in [5, 5.41) is 3.62. The minimum Gasteiger partial charge on any atom is -0.381 e. The van der Waals surface area contributed by atoms with Gasteiger partial charge in [-0.2, -0.15) is 0 Å². The quantitative estimate of drug-likeness (QED) is 0.932. The number of hydrogen-bond donors (Lipinski definition) is 1. The molecule has 0 saturated carbocycles. The highest BCUT2D eigenvalue weighted by atomic mass is 19.1. The highest BCUT2D eigenvalue weighted by molar-refractivity contribution is 5.44. The number of fused-ring (bicyclic) bond motifs is 2. The maximum atomic E-state index is 13.1. The summed E-state index contributed by atoms with van der Waals surface area (Å²) in [6, 6.07) is 17.7. The van der Waals surface area contributed by atoms with Crippen LogP contribution < -0.4 is 5.32 Å². The van der Waals surface area contributed by atoms with Crippen molar-refractivity contribution in [2.75, 3.05) is 31.6 Å². The Kier molecular flexibility index (Phi) is 4.50. The van der Waals surface area contributed by atoms with E-state index in [-0.39, 0.29) is 5.82 Å². The van der Waals surface area contributed by atoms with Gasteiger partial charge >= 0.3 is 0 Å². The molecule has 4 heteroatoms. The Balaban J connectivity index is 1.44. The van der Waals surface area contributed by atoms with Crippen LogP contribution in [0.15, 0.2) is 54.6 Å². The Labute approximate surface area is 142 Å². The van der Waals surface area contributed by atoms with Crippen molar-refractivity contribution in [3.8, 4) is 0 Å². The van der Waals surface area contributed by atoms with E-state index >= 15 is 0 Å². The number of benzene rings is 2. The zero-order valence-electron chi connectivity index (χ0n) is 13.7. The van der Waals surface area contributed by atoms with Crippen molar-refractivity contribution in [1.29, 1.82) is 0 Å². The van der Waals surface area contributed by atoms with Crippen molar-refractivity contribution in [1.82, 2.24) is 4.90 Å². The zero-order valence-corrected chi connectivity index (χ0v) is 13.7. The van der Waals surface area contributed by atoms with E-state index in [0.717, 1.165) is 38.5 Å². The van der Waals surface area contributed by atoms with E-state index in [2.05, 4.69) is 40.5 Å². The predicted molar refractivity (Wildman–Crippen MR) is 93.3 cm³/mol. The van der Waals surface area contributed by atoms with E-state index in [4.69, 9.17) is 4.74 Å². The van der Waals surface area contributed by atoms with E-state index in [1.165, 1.54) is 17.7 Å². The molecular formula is C20H23FN2O. The van der Waals surface area contributed by atoms with Gasteiger partial charge in [0.25, 0.3) is 0 Å². The average Bonchev–Trinajstić information content (AvgIpc) is 2.58. The smallest absolute Gasteiger partial charge is 0.123 e. The average molecular weight is 326 g/mol. The van der Waals surface area contributed by atoms with Crippen molar-refractivity contribution in [2.24, 2.45) is 11.8 Å². The summed E-state index contributed by atoms with van der Waals surface area (Å²) >= 11 is 0. The molecule has 2 heterocycles. The minimum absolute atomic E-state index is 0.193. The van der Waals surface area contributed by atoms with Gasteiger partial charge in [-0.3, -0.25) is 4.90 Å². The summed E-state index contributed by atoms with van der Waals surface area (Å²) in [5.41, 5.74) is 2.36. The maximum absolute atomic E-state index is 13.1. The van der Waals surface area contributed by atoms with Crippen LogP contribution in [-0.2, 0) is 11.3 Å². The van der Waals surface area contributed by atoms with Gasteiger partial charge in [-0.15, -0.1) is 0 Å². The summed E-state index contributed by atoms with van der Waals surface area (Å²) in [6.45, 7) is 4.65. The Hall–Kier alpha value is -1.91. The summed E-state index contributed by atoms with van der Waals surface area (Å²) in [7, 11) is 0. The molecule has 126 valence electrons. The van der Waals surface area contributed by atoms with Crippen molar-refractivity contribution in [3.63, 3.8) is 0 Å². The molecule has 0 aromatic heterocycles. The SMILES string of the molecule is Fc1ccc(NC2C3COCC2CN(Cc2ccccc2)C3)cc1. The van der Waals surface area contributed by atoms with E-state index in [1.807, 2.05) is 12.1 Å². The second kappa shape index (κ2) is 6.91. The zero-order chi connectivity index (χ0) is 16.4. The molecule has 2 fully saturated rings. The molecule has 3 nitrogen and oxygen atoms in total. The first-order chi connectivity index (χ1) is 11.8. The lowest BCUT2D eigenvalue weighted by molar-refractivity contribution is -0.0512. The first-order valence-corrected chi connectivity index (χ1v) is 8.64. The highest BCUT2D eigenvalue weighted by Gasteiger charge is 2.40. The normalized spacial score (nSPS) is 27.0. The lowest BCUT2D eigenvalue weighted by Crippen LogP contribution is -2.57. The third-order valence-corrected chi connectivity index (χ3v) is 5.09. The number of likely N-dealkylation sites (tertiary alicyclic amines) is 1. The molecule has 1 N–H and O–H groups in total. The molecule has 2 aliphatic heterocycles. The summed E-state index contributed by atoms with van der Waals surface area (Å²) in [5.74, 6) is 0.735. The second-order valence-electron chi connectivity index (χ2n) is 6.91. The van der Waals surface area contributed by atoms with Crippen LogP contribution in [0, 0.1) is 17.7 Å². The van der Waals surface area contributed by atoms with Crippen LogP contribution in [0.3, 0.4) is 0 Å². The third-order valence-electron chi connectivity index (χ3n) is 5.09. The molecule has 2 aliphatic rings. The van der Waals surface area contributed by atoms with Crippen molar-refractivity contribution < 1.29 is 9.13 Å². The van der Waals surface area contributed by atoms with Crippen molar-refractivity contribution in [3.05, 3.63) is 66.0 Å². The minimum atomic E-state index is -0.193. The number of piperidine rings is 1. The highest BCUT2D eigenvalue weighted by Crippen LogP contribution is 2.31.